The number of halogens is 1. The van der Waals surface area contributed by atoms with Crippen LogP contribution >= 0.6 is 0 Å². The first-order chi connectivity index (χ1) is 13.0. The molecule has 0 saturated heterocycles. The number of pyridine rings is 1. The number of carbonyl (C=O) groups excluding carboxylic acids is 2. The summed E-state index contributed by atoms with van der Waals surface area (Å²) in [4.78, 5) is 30.0. The molecule has 0 bridgehead atoms. The van der Waals surface area contributed by atoms with E-state index in [-0.39, 0.29) is 17.6 Å². The lowest BCUT2D eigenvalue weighted by molar-refractivity contribution is -0.120. The van der Waals surface area contributed by atoms with E-state index in [4.69, 9.17) is 0 Å². The monoisotopic (exact) mass is 370 g/mol. The second-order valence-electron chi connectivity index (χ2n) is 6.55. The summed E-state index contributed by atoms with van der Waals surface area (Å²) in [6.07, 6.45) is 0.429. The van der Waals surface area contributed by atoms with E-state index in [1.807, 2.05) is 6.92 Å². The molecule has 27 heavy (non-hydrogen) atoms. The van der Waals surface area contributed by atoms with Gasteiger partial charge in [-0.05, 0) is 42.3 Å². The molecule has 1 aromatic carbocycles. The maximum Gasteiger partial charge on any atom is 0.256 e. The average Bonchev–Trinajstić information content (AvgIpc) is 2.96. The normalized spacial score (nSPS) is 12.9. The smallest absolute Gasteiger partial charge is 0.256 e. The van der Waals surface area contributed by atoms with Gasteiger partial charge >= 0.3 is 0 Å². The Morgan fingerprint density at radius 1 is 1.30 bits per heavy atom. The Morgan fingerprint density at radius 3 is 2.85 bits per heavy atom. The van der Waals surface area contributed by atoms with Crippen LogP contribution in [0.2, 0.25) is 0 Å². The van der Waals surface area contributed by atoms with Gasteiger partial charge in [-0.2, -0.15) is 0 Å². The molecule has 3 rings (SSSR count). The Labute approximate surface area is 157 Å². The molecular weight excluding hydrogens is 347 g/mol. The summed E-state index contributed by atoms with van der Waals surface area (Å²) in [5, 5.41) is 6.00. The lowest BCUT2D eigenvalue weighted by atomic mass is 10.1. The molecule has 2 heterocycles. The zero-order valence-corrected chi connectivity index (χ0v) is 15.5. The van der Waals surface area contributed by atoms with Crippen LogP contribution < -0.4 is 10.6 Å². The third-order valence-corrected chi connectivity index (χ3v) is 4.62. The van der Waals surface area contributed by atoms with Crippen molar-refractivity contribution in [3.63, 3.8) is 0 Å². The first kappa shape index (κ1) is 18.8. The van der Waals surface area contributed by atoms with Gasteiger partial charge in [-0.3, -0.25) is 9.59 Å². The number of benzene rings is 1. The molecular formula is C20H23FN4O2. The first-order valence-electron chi connectivity index (χ1n) is 9.02. The topological polar surface area (TPSA) is 74.3 Å². The molecule has 0 aliphatic carbocycles. The van der Waals surface area contributed by atoms with E-state index in [0.29, 0.717) is 44.0 Å². The minimum atomic E-state index is -0.249. The highest BCUT2D eigenvalue weighted by Crippen LogP contribution is 2.23. The van der Waals surface area contributed by atoms with Crippen LogP contribution in [0.15, 0.2) is 30.3 Å². The fourth-order valence-corrected chi connectivity index (χ4v) is 3.02. The number of hydrogen-bond donors (Lipinski definition) is 2. The quantitative estimate of drug-likeness (QED) is 0.786. The number of aromatic nitrogens is 1. The Morgan fingerprint density at radius 2 is 2.11 bits per heavy atom. The molecule has 6 nitrogen and oxygen atoms in total. The van der Waals surface area contributed by atoms with E-state index in [0.717, 1.165) is 16.8 Å². The van der Waals surface area contributed by atoms with E-state index in [9.17, 15) is 14.0 Å². The van der Waals surface area contributed by atoms with Gasteiger partial charge in [0.15, 0.2) is 0 Å². The fourth-order valence-electron chi connectivity index (χ4n) is 3.02. The number of hydrogen-bond acceptors (Lipinski definition) is 4. The Balaban J connectivity index is 1.60. The molecule has 2 amide bonds. The van der Waals surface area contributed by atoms with Crippen LogP contribution in [0.3, 0.4) is 0 Å². The predicted octanol–water partition coefficient (Wildman–Crippen LogP) is 2.62. The third-order valence-electron chi connectivity index (χ3n) is 4.62. The van der Waals surface area contributed by atoms with E-state index in [2.05, 4.69) is 15.6 Å². The molecule has 142 valence electrons. The Kier molecular flexibility index (Phi) is 5.69. The van der Waals surface area contributed by atoms with Crippen molar-refractivity contribution in [3.05, 3.63) is 58.5 Å². The van der Waals surface area contributed by atoms with Crippen molar-refractivity contribution in [2.45, 2.75) is 33.4 Å². The lowest BCUT2D eigenvalue weighted by Crippen LogP contribution is -2.34. The molecule has 1 aliphatic rings. The molecule has 0 fully saturated rings. The van der Waals surface area contributed by atoms with E-state index in [1.165, 1.54) is 12.1 Å². The molecule has 0 spiro atoms. The minimum absolute atomic E-state index is 0.0279. The van der Waals surface area contributed by atoms with Crippen LogP contribution in [-0.4, -0.2) is 34.8 Å². The van der Waals surface area contributed by atoms with Crippen LogP contribution in [0.4, 0.5) is 10.2 Å². The molecule has 2 N–H and O–H groups in total. The van der Waals surface area contributed by atoms with Crippen LogP contribution in [0, 0.1) is 12.7 Å². The van der Waals surface area contributed by atoms with Crippen molar-refractivity contribution in [3.8, 4) is 0 Å². The standard InChI is InChI=1S/C20H23FN4O2/c1-3-19(26)22-8-9-25-12-17-16(20(25)27)6-7-18(24-17)23-11-14-4-5-15(21)10-13(14)2/h4-7,10H,3,8-9,11-12H2,1-2H3,(H,22,26)(H,23,24). The maximum atomic E-state index is 13.2. The summed E-state index contributed by atoms with van der Waals surface area (Å²) < 4.78 is 13.2. The van der Waals surface area contributed by atoms with Crippen molar-refractivity contribution < 1.29 is 14.0 Å². The van der Waals surface area contributed by atoms with Crippen molar-refractivity contribution in [2.24, 2.45) is 0 Å². The molecule has 0 radical (unpaired) electrons. The third kappa shape index (κ3) is 4.42. The molecule has 1 aliphatic heterocycles. The highest BCUT2D eigenvalue weighted by Gasteiger charge is 2.28. The number of nitrogens with one attached hydrogen (secondary N) is 2. The van der Waals surface area contributed by atoms with Gasteiger partial charge in [0.25, 0.3) is 5.91 Å². The SMILES string of the molecule is CCC(=O)NCCN1Cc2nc(NCc3ccc(F)cc3C)ccc2C1=O. The second kappa shape index (κ2) is 8.16. The van der Waals surface area contributed by atoms with Crippen molar-refractivity contribution in [2.75, 3.05) is 18.4 Å². The molecule has 2 aromatic rings. The number of amides is 2. The van der Waals surface area contributed by atoms with Gasteiger partial charge in [0.1, 0.15) is 11.6 Å². The summed E-state index contributed by atoms with van der Waals surface area (Å²) in [7, 11) is 0. The van der Waals surface area contributed by atoms with Crippen LogP contribution in [0.5, 0.6) is 0 Å². The maximum absolute atomic E-state index is 13.2. The van der Waals surface area contributed by atoms with Crippen molar-refractivity contribution in [1.82, 2.24) is 15.2 Å². The summed E-state index contributed by atoms with van der Waals surface area (Å²) in [6, 6.07) is 8.24. The number of aryl methyl sites for hydroxylation is 1. The van der Waals surface area contributed by atoms with Crippen LogP contribution in [-0.2, 0) is 17.9 Å². The number of nitrogens with zero attached hydrogens (tertiary/aromatic N) is 2. The minimum Gasteiger partial charge on any atom is -0.366 e. The van der Waals surface area contributed by atoms with Gasteiger partial charge in [0.05, 0.1) is 17.8 Å². The zero-order chi connectivity index (χ0) is 19.4. The molecule has 0 unspecified atom stereocenters. The summed E-state index contributed by atoms with van der Waals surface area (Å²) in [6.45, 7) is 5.50. The van der Waals surface area contributed by atoms with Gasteiger partial charge in [-0.1, -0.05) is 13.0 Å². The second-order valence-corrected chi connectivity index (χ2v) is 6.55. The van der Waals surface area contributed by atoms with Gasteiger partial charge in [-0.15, -0.1) is 0 Å². The fraction of sp³-hybridized carbons (Fsp3) is 0.350. The van der Waals surface area contributed by atoms with E-state index < -0.39 is 0 Å². The zero-order valence-electron chi connectivity index (χ0n) is 15.5. The highest BCUT2D eigenvalue weighted by atomic mass is 19.1. The summed E-state index contributed by atoms with van der Waals surface area (Å²) in [5.74, 6) is 0.330. The molecule has 7 heteroatoms. The molecule has 0 saturated carbocycles. The van der Waals surface area contributed by atoms with Crippen molar-refractivity contribution in [1.29, 1.82) is 0 Å². The Hall–Kier alpha value is -2.96. The number of fused-ring (bicyclic) bond motifs is 1. The van der Waals surface area contributed by atoms with E-state index >= 15 is 0 Å². The Bertz CT molecular complexity index is 869. The molecule has 0 atom stereocenters. The summed E-state index contributed by atoms with van der Waals surface area (Å²) in [5.41, 5.74) is 3.19. The van der Waals surface area contributed by atoms with E-state index in [1.54, 1.807) is 30.0 Å². The number of carbonyl (C=O) groups is 2. The lowest BCUT2D eigenvalue weighted by Gasteiger charge is -2.15. The highest BCUT2D eigenvalue weighted by molar-refractivity contribution is 5.98. The van der Waals surface area contributed by atoms with Gasteiger partial charge in [0, 0.05) is 26.1 Å². The summed E-state index contributed by atoms with van der Waals surface area (Å²) >= 11 is 0. The first-order valence-corrected chi connectivity index (χ1v) is 9.02. The largest absolute Gasteiger partial charge is 0.366 e. The van der Waals surface area contributed by atoms with Gasteiger partial charge in [0.2, 0.25) is 5.91 Å². The average molecular weight is 370 g/mol. The molecule has 1 aromatic heterocycles. The van der Waals surface area contributed by atoms with Gasteiger partial charge in [-0.25, -0.2) is 9.37 Å². The number of anilines is 1. The van der Waals surface area contributed by atoms with Gasteiger partial charge < -0.3 is 15.5 Å². The van der Waals surface area contributed by atoms with Crippen molar-refractivity contribution >= 4 is 17.6 Å². The van der Waals surface area contributed by atoms with Crippen LogP contribution in [0.25, 0.3) is 0 Å². The number of rotatable bonds is 7. The predicted molar refractivity (Wildman–Crippen MR) is 101 cm³/mol. The van der Waals surface area contributed by atoms with Crippen LogP contribution in [0.1, 0.15) is 40.5 Å².